The Kier molecular flexibility index (Phi) is 5.41. The molecule has 1 unspecified atom stereocenters. The van der Waals surface area contributed by atoms with Crippen LogP contribution in [0, 0.1) is 0 Å². The largest absolute Gasteiger partial charge is 0.467 e. The van der Waals surface area contributed by atoms with Gasteiger partial charge in [0.25, 0.3) is 0 Å². The fourth-order valence-electron chi connectivity index (χ4n) is 0.978. The minimum absolute atomic E-state index is 0.0772. The van der Waals surface area contributed by atoms with Crippen molar-refractivity contribution in [3.63, 3.8) is 0 Å². The van der Waals surface area contributed by atoms with Gasteiger partial charge in [-0.05, 0) is 18.0 Å². The molecule has 90 valence electrons. The van der Waals surface area contributed by atoms with Crippen LogP contribution in [-0.4, -0.2) is 44.8 Å². The van der Waals surface area contributed by atoms with Crippen molar-refractivity contribution in [1.29, 1.82) is 0 Å². The summed E-state index contributed by atoms with van der Waals surface area (Å²) in [5, 5.41) is 3.03. The van der Waals surface area contributed by atoms with Gasteiger partial charge < -0.3 is 10.1 Å². The van der Waals surface area contributed by atoms with Crippen molar-refractivity contribution in [1.82, 2.24) is 15.0 Å². The second-order valence-corrected chi connectivity index (χ2v) is 4.87. The minimum Gasteiger partial charge on any atom is -0.467 e. The molecule has 6 nitrogen and oxygen atoms in total. The summed E-state index contributed by atoms with van der Waals surface area (Å²) in [5.41, 5.74) is 0. The first-order valence-electron chi connectivity index (χ1n) is 4.61. The van der Waals surface area contributed by atoms with Crippen LogP contribution in [0.25, 0.3) is 0 Å². The highest BCUT2D eigenvalue weighted by Gasteiger charge is 2.04. The van der Waals surface area contributed by atoms with E-state index < -0.39 is 10.8 Å². The van der Waals surface area contributed by atoms with Gasteiger partial charge in [0.2, 0.25) is 11.2 Å². The molecule has 1 N–H and O–H groups in total. The van der Waals surface area contributed by atoms with Crippen LogP contribution in [0.4, 0.5) is 5.95 Å². The van der Waals surface area contributed by atoms with Crippen molar-refractivity contribution in [2.45, 2.75) is 6.42 Å². The smallest absolute Gasteiger partial charge is 0.322 e. The van der Waals surface area contributed by atoms with E-state index in [0.29, 0.717) is 18.2 Å². The molecule has 1 aromatic rings. The van der Waals surface area contributed by atoms with Gasteiger partial charge in [-0.3, -0.25) is 4.21 Å². The summed E-state index contributed by atoms with van der Waals surface area (Å²) in [5.74, 6) is 1.00. The van der Waals surface area contributed by atoms with Gasteiger partial charge in [-0.1, -0.05) is 0 Å². The van der Waals surface area contributed by atoms with E-state index in [-0.39, 0.29) is 11.3 Å². The Morgan fingerprint density at radius 3 is 2.81 bits per heavy atom. The molecule has 0 spiro atoms. The van der Waals surface area contributed by atoms with E-state index in [2.05, 4.69) is 20.3 Å². The van der Waals surface area contributed by atoms with Crippen LogP contribution in [0.2, 0.25) is 5.28 Å². The molecule has 1 rings (SSSR count). The summed E-state index contributed by atoms with van der Waals surface area (Å²) in [6.45, 7) is 0.628. The van der Waals surface area contributed by atoms with Crippen molar-refractivity contribution in [3.05, 3.63) is 5.28 Å². The molecule has 0 bridgehead atoms. The van der Waals surface area contributed by atoms with Crippen molar-refractivity contribution in [3.8, 4) is 6.01 Å². The fourth-order valence-corrected chi connectivity index (χ4v) is 1.68. The van der Waals surface area contributed by atoms with Crippen molar-refractivity contribution < 1.29 is 8.95 Å². The molecule has 0 amide bonds. The van der Waals surface area contributed by atoms with E-state index in [1.807, 2.05) is 0 Å². The summed E-state index contributed by atoms with van der Waals surface area (Å²) in [6, 6.07) is 0.168. The molecule has 0 aromatic carbocycles. The quantitative estimate of drug-likeness (QED) is 0.763. The first kappa shape index (κ1) is 13.1. The lowest BCUT2D eigenvalue weighted by Gasteiger charge is -2.05. The van der Waals surface area contributed by atoms with Gasteiger partial charge in [0, 0.05) is 29.4 Å². The Bertz CT molecular complexity index is 377. The molecule has 16 heavy (non-hydrogen) atoms. The van der Waals surface area contributed by atoms with Gasteiger partial charge in [-0.25, -0.2) is 0 Å². The van der Waals surface area contributed by atoms with Crippen LogP contribution >= 0.6 is 11.6 Å². The van der Waals surface area contributed by atoms with Gasteiger partial charge >= 0.3 is 6.01 Å². The number of nitrogens with zero attached hydrogens (tertiary/aromatic N) is 3. The van der Waals surface area contributed by atoms with Crippen LogP contribution in [-0.2, 0) is 10.8 Å². The highest BCUT2D eigenvalue weighted by molar-refractivity contribution is 7.84. The summed E-state index contributed by atoms with van der Waals surface area (Å²) in [7, 11) is 0.676. The monoisotopic (exact) mass is 264 g/mol. The Balaban J connectivity index is 2.47. The lowest BCUT2D eigenvalue weighted by molar-refractivity contribution is 0.379. The van der Waals surface area contributed by atoms with Crippen LogP contribution in [0.5, 0.6) is 6.01 Å². The zero-order valence-electron chi connectivity index (χ0n) is 9.07. The SMILES string of the molecule is COc1nc(Cl)nc(NCCCS(C)=O)n1. The lowest BCUT2D eigenvalue weighted by atomic mass is 10.5. The third-order valence-corrected chi connectivity index (χ3v) is 2.69. The number of rotatable bonds is 6. The number of nitrogens with one attached hydrogen (secondary N) is 1. The average molecular weight is 265 g/mol. The molecular formula is C8H13ClN4O2S. The minimum atomic E-state index is -0.778. The van der Waals surface area contributed by atoms with Crippen molar-refractivity contribution in [2.24, 2.45) is 0 Å². The zero-order valence-corrected chi connectivity index (χ0v) is 10.6. The van der Waals surface area contributed by atoms with E-state index >= 15 is 0 Å². The summed E-state index contributed by atoms with van der Waals surface area (Å²) < 4.78 is 15.7. The van der Waals surface area contributed by atoms with Crippen LogP contribution in [0.3, 0.4) is 0 Å². The number of anilines is 1. The molecule has 1 atom stereocenters. The third-order valence-electron chi connectivity index (χ3n) is 1.66. The Morgan fingerprint density at radius 1 is 1.44 bits per heavy atom. The summed E-state index contributed by atoms with van der Waals surface area (Å²) in [4.78, 5) is 11.6. The predicted octanol–water partition coefficient (Wildman–Crippen LogP) is 0.714. The van der Waals surface area contributed by atoms with Crippen LogP contribution in [0.1, 0.15) is 6.42 Å². The standard InChI is InChI=1S/C8H13ClN4O2S/c1-15-8-12-6(9)11-7(13-8)10-4-3-5-16(2)14/h3-5H2,1-2H3,(H,10,11,12,13). The van der Waals surface area contributed by atoms with E-state index in [0.717, 1.165) is 6.42 Å². The molecule has 1 heterocycles. The predicted molar refractivity (Wildman–Crippen MR) is 63.4 cm³/mol. The lowest BCUT2D eigenvalue weighted by Crippen LogP contribution is -2.09. The molecule has 0 radical (unpaired) electrons. The van der Waals surface area contributed by atoms with Gasteiger partial charge in [-0.2, -0.15) is 15.0 Å². The number of ether oxygens (including phenoxy) is 1. The molecule has 0 aliphatic heterocycles. The van der Waals surface area contributed by atoms with E-state index in [1.54, 1.807) is 6.26 Å². The van der Waals surface area contributed by atoms with Crippen molar-refractivity contribution in [2.75, 3.05) is 31.0 Å². The van der Waals surface area contributed by atoms with E-state index in [1.165, 1.54) is 7.11 Å². The maximum Gasteiger partial charge on any atom is 0.322 e. The normalized spacial score (nSPS) is 12.2. The number of hydrogen-bond acceptors (Lipinski definition) is 6. The van der Waals surface area contributed by atoms with Gasteiger partial charge in [0.1, 0.15) is 0 Å². The van der Waals surface area contributed by atoms with Crippen LogP contribution < -0.4 is 10.1 Å². The first-order valence-corrected chi connectivity index (χ1v) is 6.72. The summed E-state index contributed by atoms with van der Waals surface area (Å²) >= 11 is 5.66. The zero-order chi connectivity index (χ0) is 12.0. The Labute approximate surface area is 101 Å². The molecule has 0 fully saturated rings. The third kappa shape index (κ3) is 4.71. The highest BCUT2D eigenvalue weighted by Crippen LogP contribution is 2.10. The van der Waals surface area contributed by atoms with E-state index in [9.17, 15) is 4.21 Å². The molecule has 8 heteroatoms. The number of halogens is 1. The number of methoxy groups -OCH3 is 1. The van der Waals surface area contributed by atoms with Gasteiger partial charge in [0.05, 0.1) is 7.11 Å². The van der Waals surface area contributed by atoms with E-state index in [4.69, 9.17) is 16.3 Å². The summed E-state index contributed by atoms with van der Waals surface area (Å²) in [6.07, 6.45) is 2.44. The van der Waals surface area contributed by atoms with Crippen LogP contribution in [0.15, 0.2) is 0 Å². The molecule has 0 saturated heterocycles. The molecule has 1 aromatic heterocycles. The number of aromatic nitrogens is 3. The second-order valence-electron chi connectivity index (χ2n) is 2.97. The topological polar surface area (TPSA) is 77.0 Å². The highest BCUT2D eigenvalue weighted by atomic mass is 35.5. The van der Waals surface area contributed by atoms with Gasteiger partial charge in [-0.15, -0.1) is 0 Å². The Morgan fingerprint density at radius 2 is 2.19 bits per heavy atom. The van der Waals surface area contributed by atoms with Crippen molar-refractivity contribution >= 4 is 28.3 Å². The maximum absolute atomic E-state index is 10.8. The van der Waals surface area contributed by atoms with Gasteiger partial charge in [0.15, 0.2) is 0 Å². The number of hydrogen-bond donors (Lipinski definition) is 1. The Hall–Kier alpha value is -0.950. The fraction of sp³-hybridized carbons (Fsp3) is 0.625. The maximum atomic E-state index is 10.8. The molecule has 0 aliphatic rings. The first-order chi connectivity index (χ1) is 7.61. The second kappa shape index (κ2) is 6.59. The molecule has 0 saturated carbocycles. The molecular weight excluding hydrogens is 252 g/mol. The average Bonchev–Trinajstić information content (AvgIpc) is 2.23. The molecule has 0 aliphatic carbocycles.